The van der Waals surface area contributed by atoms with Crippen LogP contribution in [-0.4, -0.2) is 27.2 Å². The fourth-order valence-electron chi connectivity index (χ4n) is 0.814. The highest BCUT2D eigenvalue weighted by Gasteiger charge is 2.34. The SMILES string of the molecule is Cn1cc(OC(F)(F)F)c(C(=O)O)n1. The molecule has 0 saturated carbocycles. The van der Waals surface area contributed by atoms with Gasteiger partial charge < -0.3 is 9.84 Å². The van der Waals surface area contributed by atoms with Gasteiger partial charge in [-0.15, -0.1) is 13.2 Å². The molecule has 0 bridgehead atoms. The Bertz CT molecular complexity index is 358. The van der Waals surface area contributed by atoms with E-state index in [0.29, 0.717) is 0 Å². The summed E-state index contributed by atoms with van der Waals surface area (Å²) in [5.74, 6) is -2.41. The monoisotopic (exact) mass is 210 g/mol. The highest BCUT2D eigenvalue weighted by Crippen LogP contribution is 2.25. The van der Waals surface area contributed by atoms with E-state index in [-0.39, 0.29) is 0 Å². The van der Waals surface area contributed by atoms with Crippen LogP contribution in [0.4, 0.5) is 13.2 Å². The standard InChI is InChI=1S/C6H5F3N2O3/c1-11-2-3(14-6(7,8)9)4(10-11)5(12)13/h2H,1H3,(H,12,13). The maximum atomic E-state index is 11.7. The molecule has 78 valence electrons. The number of carboxylic acids is 1. The first kappa shape index (κ1) is 10.4. The number of carboxylic acid groups (broad SMARTS) is 1. The zero-order valence-corrected chi connectivity index (χ0v) is 6.87. The number of aromatic nitrogens is 2. The van der Waals surface area contributed by atoms with Gasteiger partial charge in [-0.3, -0.25) is 4.68 Å². The Morgan fingerprint density at radius 1 is 1.64 bits per heavy atom. The number of ether oxygens (including phenoxy) is 1. The van der Waals surface area contributed by atoms with Crippen molar-refractivity contribution in [1.29, 1.82) is 0 Å². The van der Waals surface area contributed by atoms with Crippen molar-refractivity contribution in [2.24, 2.45) is 7.05 Å². The first-order valence-electron chi connectivity index (χ1n) is 3.32. The zero-order valence-electron chi connectivity index (χ0n) is 6.87. The lowest BCUT2D eigenvalue weighted by Crippen LogP contribution is -2.18. The van der Waals surface area contributed by atoms with E-state index >= 15 is 0 Å². The minimum Gasteiger partial charge on any atom is -0.476 e. The van der Waals surface area contributed by atoms with Gasteiger partial charge in [0, 0.05) is 7.05 Å². The van der Waals surface area contributed by atoms with Crippen LogP contribution in [0.3, 0.4) is 0 Å². The summed E-state index contributed by atoms with van der Waals surface area (Å²) in [5, 5.41) is 11.7. The van der Waals surface area contributed by atoms with Gasteiger partial charge in [0.15, 0.2) is 5.75 Å². The van der Waals surface area contributed by atoms with Gasteiger partial charge in [0.2, 0.25) is 5.69 Å². The molecule has 0 unspecified atom stereocenters. The normalized spacial score (nSPS) is 11.4. The van der Waals surface area contributed by atoms with Gasteiger partial charge in [-0.05, 0) is 0 Å². The summed E-state index contributed by atoms with van der Waals surface area (Å²) in [6.45, 7) is 0. The number of alkyl halides is 3. The number of hydrogen-bond donors (Lipinski definition) is 1. The van der Waals surface area contributed by atoms with Crippen molar-refractivity contribution in [3.05, 3.63) is 11.9 Å². The maximum absolute atomic E-state index is 11.7. The van der Waals surface area contributed by atoms with E-state index in [0.717, 1.165) is 10.9 Å². The summed E-state index contributed by atoms with van der Waals surface area (Å²) in [4.78, 5) is 10.4. The molecule has 0 aromatic carbocycles. The molecule has 1 N–H and O–H groups in total. The Labute approximate surface area is 75.7 Å². The molecule has 0 aliphatic heterocycles. The largest absolute Gasteiger partial charge is 0.573 e. The number of halogens is 3. The molecule has 14 heavy (non-hydrogen) atoms. The average molecular weight is 210 g/mol. The molecule has 1 rings (SSSR count). The lowest BCUT2D eigenvalue weighted by Gasteiger charge is -2.06. The average Bonchev–Trinajstić information content (AvgIpc) is 2.27. The Kier molecular flexibility index (Phi) is 2.37. The van der Waals surface area contributed by atoms with Crippen LogP contribution in [0.2, 0.25) is 0 Å². The predicted molar refractivity (Wildman–Crippen MR) is 36.9 cm³/mol. The van der Waals surface area contributed by atoms with Crippen LogP contribution >= 0.6 is 0 Å². The topological polar surface area (TPSA) is 64.3 Å². The number of rotatable bonds is 2. The third kappa shape index (κ3) is 2.38. The van der Waals surface area contributed by atoms with E-state index in [1.54, 1.807) is 0 Å². The molecule has 1 aromatic heterocycles. The van der Waals surface area contributed by atoms with Gasteiger partial charge in [0.05, 0.1) is 6.20 Å². The Hall–Kier alpha value is -1.73. The van der Waals surface area contributed by atoms with E-state index < -0.39 is 23.8 Å². The third-order valence-electron chi connectivity index (χ3n) is 1.22. The van der Waals surface area contributed by atoms with Gasteiger partial charge in [0.1, 0.15) is 0 Å². The highest BCUT2D eigenvalue weighted by molar-refractivity contribution is 5.88. The second-order valence-corrected chi connectivity index (χ2v) is 2.37. The Balaban J connectivity index is 3.02. The molecule has 0 radical (unpaired) electrons. The van der Waals surface area contributed by atoms with Crippen molar-refractivity contribution < 1.29 is 27.8 Å². The molecule has 5 nitrogen and oxygen atoms in total. The van der Waals surface area contributed by atoms with E-state index in [1.165, 1.54) is 7.05 Å². The molecule has 1 aromatic rings. The lowest BCUT2D eigenvalue weighted by atomic mass is 10.4. The first-order chi connectivity index (χ1) is 6.29. The van der Waals surface area contributed by atoms with Gasteiger partial charge in [-0.2, -0.15) is 5.10 Å². The molecule has 0 amide bonds. The molecule has 0 atom stereocenters. The summed E-state index contributed by atoms with van der Waals surface area (Å²) in [6, 6.07) is 0. The highest BCUT2D eigenvalue weighted by atomic mass is 19.4. The summed E-state index contributed by atoms with van der Waals surface area (Å²) in [7, 11) is 1.29. The van der Waals surface area contributed by atoms with Crippen molar-refractivity contribution in [3.8, 4) is 5.75 Å². The molecule has 0 saturated heterocycles. The van der Waals surface area contributed by atoms with Gasteiger partial charge in [-0.25, -0.2) is 4.79 Å². The smallest absolute Gasteiger partial charge is 0.476 e. The van der Waals surface area contributed by atoms with Crippen LogP contribution in [0, 0.1) is 0 Å². The number of carbonyl (C=O) groups is 1. The van der Waals surface area contributed by atoms with Crippen molar-refractivity contribution in [1.82, 2.24) is 9.78 Å². The Morgan fingerprint density at radius 3 is 2.64 bits per heavy atom. The van der Waals surface area contributed by atoms with Crippen LogP contribution in [0.5, 0.6) is 5.75 Å². The van der Waals surface area contributed by atoms with Crippen LogP contribution in [0.25, 0.3) is 0 Å². The lowest BCUT2D eigenvalue weighted by molar-refractivity contribution is -0.274. The fraction of sp³-hybridized carbons (Fsp3) is 0.333. The van der Waals surface area contributed by atoms with Crippen molar-refractivity contribution in [3.63, 3.8) is 0 Å². The van der Waals surface area contributed by atoms with Crippen molar-refractivity contribution >= 4 is 5.97 Å². The number of hydrogen-bond acceptors (Lipinski definition) is 3. The molecule has 0 spiro atoms. The van der Waals surface area contributed by atoms with Crippen molar-refractivity contribution in [2.75, 3.05) is 0 Å². The second kappa shape index (κ2) is 3.20. The van der Waals surface area contributed by atoms with Gasteiger partial charge in [-0.1, -0.05) is 0 Å². The maximum Gasteiger partial charge on any atom is 0.573 e. The van der Waals surface area contributed by atoms with Gasteiger partial charge in [0.25, 0.3) is 0 Å². The number of aromatic carboxylic acids is 1. The summed E-state index contributed by atoms with van der Waals surface area (Å²) in [6.07, 6.45) is -4.09. The minimum atomic E-state index is -4.92. The number of aryl methyl sites for hydroxylation is 1. The number of nitrogens with zero attached hydrogens (tertiary/aromatic N) is 2. The molecule has 0 fully saturated rings. The second-order valence-electron chi connectivity index (χ2n) is 2.37. The minimum absolute atomic E-state index is 0.773. The van der Waals surface area contributed by atoms with E-state index in [2.05, 4.69) is 9.84 Å². The molecule has 0 aliphatic carbocycles. The molecular formula is C6H5F3N2O3. The molecule has 8 heteroatoms. The predicted octanol–water partition coefficient (Wildman–Crippen LogP) is 1.02. The summed E-state index contributed by atoms with van der Waals surface area (Å²) < 4.78 is 39.6. The van der Waals surface area contributed by atoms with E-state index in [4.69, 9.17) is 5.11 Å². The zero-order chi connectivity index (χ0) is 10.9. The van der Waals surface area contributed by atoms with E-state index in [1.807, 2.05) is 0 Å². The Morgan fingerprint density at radius 2 is 2.21 bits per heavy atom. The van der Waals surface area contributed by atoms with Crippen LogP contribution in [0.1, 0.15) is 10.5 Å². The molecule has 1 heterocycles. The summed E-state index contributed by atoms with van der Waals surface area (Å²) in [5.41, 5.74) is -0.773. The molecule has 0 aliphatic rings. The third-order valence-corrected chi connectivity index (χ3v) is 1.22. The van der Waals surface area contributed by atoms with Crippen molar-refractivity contribution in [2.45, 2.75) is 6.36 Å². The van der Waals surface area contributed by atoms with Gasteiger partial charge >= 0.3 is 12.3 Å². The first-order valence-corrected chi connectivity index (χ1v) is 3.32. The summed E-state index contributed by atoms with van der Waals surface area (Å²) >= 11 is 0. The molecular weight excluding hydrogens is 205 g/mol. The fourth-order valence-corrected chi connectivity index (χ4v) is 0.814. The van der Waals surface area contributed by atoms with E-state index in [9.17, 15) is 18.0 Å². The quantitative estimate of drug-likeness (QED) is 0.791. The van der Waals surface area contributed by atoms with Crippen LogP contribution in [0.15, 0.2) is 6.20 Å². The van der Waals surface area contributed by atoms with Crippen LogP contribution in [-0.2, 0) is 7.05 Å². The van der Waals surface area contributed by atoms with Crippen LogP contribution < -0.4 is 4.74 Å².